The molecule has 0 spiro atoms. The lowest BCUT2D eigenvalue weighted by Gasteiger charge is -2.20. The van der Waals surface area contributed by atoms with Gasteiger partial charge in [0.1, 0.15) is 0 Å². The average molecular weight is 506 g/mol. The molecule has 8 aromatic rings. The van der Waals surface area contributed by atoms with Gasteiger partial charge in [0.25, 0.3) is 0 Å². The van der Waals surface area contributed by atoms with Gasteiger partial charge in [-0.3, -0.25) is 4.98 Å². The molecular weight excluding hydrogens is 482 g/mol. The zero-order chi connectivity index (χ0) is 26.2. The second-order valence-corrected chi connectivity index (χ2v) is 10.7. The van der Waals surface area contributed by atoms with Crippen LogP contribution in [-0.4, -0.2) is 4.98 Å². The Bertz CT molecular complexity index is 2280. The van der Waals surface area contributed by atoms with E-state index in [1.54, 1.807) is 0 Å². The number of hydrogen-bond donors (Lipinski definition) is 0. The van der Waals surface area contributed by atoms with Gasteiger partial charge in [-0.15, -0.1) is 0 Å². The predicted octanol–water partition coefficient (Wildman–Crippen LogP) is 10.7. The summed E-state index contributed by atoms with van der Waals surface area (Å²) in [7, 11) is 0. The smallest absolute Gasteiger partial charge is 0.0708 e. The van der Waals surface area contributed by atoms with Crippen molar-refractivity contribution in [2.45, 2.75) is 0 Å². The molecule has 0 radical (unpaired) electrons. The van der Waals surface area contributed by atoms with Crippen LogP contribution in [0.5, 0.6) is 0 Å². The van der Waals surface area contributed by atoms with Crippen LogP contribution in [-0.2, 0) is 0 Å². The normalized spacial score (nSPS) is 12.0. The molecule has 0 bridgehead atoms. The number of benzene rings is 7. The molecule has 0 unspecified atom stereocenters. The van der Waals surface area contributed by atoms with Gasteiger partial charge in [-0.25, -0.2) is 0 Å². The monoisotopic (exact) mass is 505 g/mol. The lowest BCUT2D eigenvalue weighted by Crippen LogP contribution is -1.94. The molecule has 1 heterocycles. The first-order valence-electron chi connectivity index (χ1n) is 13.8. The van der Waals surface area contributed by atoms with Crippen molar-refractivity contribution in [3.05, 3.63) is 140 Å². The van der Waals surface area contributed by atoms with Gasteiger partial charge in [-0.2, -0.15) is 0 Å². The molecule has 1 aliphatic carbocycles. The number of nitrogens with zero attached hydrogens (tertiary/aromatic N) is 1. The minimum absolute atomic E-state index is 1.02. The zero-order valence-electron chi connectivity index (χ0n) is 21.7. The van der Waals surface area contributed by atoms with E-state index in [1.807, 2.05) is 0 Å². The summed E-state index contributed by atoms with van der Waals surface area (Å²) in [4.78, 5) is 5.00. The Kier molecular flexibility index (Phi) is 4.39. The number of fused-ring (bicyclic) bond motifs is 7. The second kappa shape index (κ2) is 8.11. The third-order valence-electron chi connectivity index (χ3n) is 8.64. The van der Waals surface area contributed by atoms with Gasteiger partial charge in [0, 0.05) is 22.4 Å². The highest BCUT2D eigenvalue weighted by molar-refractivity contribution is 6.30. The molecule has 40 heavy (non-hydrogen) atoms. The van der Waals surface area contributed by atoms with E-state index < -0.39 is 0 Å². The van der Waals surface area contributed by atoms with Crippen LogP contribution >= 0.6 is 0 Å². The molecule has 0 fully saturated rings. The van der Waals surface area contributed by atoms with Gasteiger partial charge >= 0.3 is 0 Å². The Balaban J connectivity index is 1.50. The molecule has 7 aromatic carbocycles. The van der Waals surface area contributed by atoms with Crippen LogP contribution in [0.25, 0.3) is 87.7 Å². The average Bonchev–Trinajstić information content (AvgIpc) is 3.36. The summed E-state index contributed by atoms with van der Waals surface area (Å²) in [6, 6.07) is 48.5. The van der Waals surface area contributed by atoms with Gasteiger partial charge in [0.2, 0.25) is 0 Å². The molecule has 0 saturated heterocycles. The van der Waals surface area contributed by atoms with Crippen molar-refractivity contribution < 1.29 is 0 Å². The molecule has 0 aliphatic heterocycles. The molecule has 0 atom stereocenters. The molecule has 0 amide bonds. The van der Waals surface area contributed by atoms with E-state index >= 15 is 0 Å². The van der Waals surface area contributed by atoms with E-state index in [0.29, 0.717) is 0 Å². The van der Waals surface area contributed by atoms with Gasteiger partial charge in [0.15, 0.2) is 0 Å². The van der Waals surface area contributed by atoms with Crippen molar-refractivity contribution in [3.8, 4) is 44.5 Å². The maximum Gasteiger partial charge on any atom is 0.0708 e. The molecule has 0 saturated carbocycles. The van der Waals surface area contributed by atoms with Crippen LogP contribution in [0.2, 0.25) is 0 Å². The number of hydrogen-bond acceptors (Lipinski definition) is 1. The Morgan fingerprint density at radius 1 is 0.325 bits per heavy atom. The molecule has 1 heteroatoms. The summed E-state index contributed by atoms with van der Waals surface area (Å²) in [5, 5.41) is 8.78. The number of aromatic nitrogens is 1. The van der Waals surface area contributed by atoms with Gasteiger partial charge < -0.3 is 0 Å². The highest BCUT2D eigenvalue weighted by Crippen LogP contribution is 2.52. The lowest BCUT2D eigenvalue weighted by atomic mass is 9.83. The lowest BCUT2D eigenvalue weighted by molar-refractivity contribution is 1.45. The Morgan fingerprint density at radius 3 is 1.70 bits per heavy atom. The van der Waals surface area contributed by atoms with E-state index in [2.05, 4.69) is 140 Å². The van der Waals surface area contributed by atoms with Crippen molar-refractivity contribution in [1.29, 1.82) is 0 Å². The number of para-hydroxylation sites is 1. The fraction of sp³-hybridized carbons (Fsp3) is 0. The fourth-order valence-electron chi connectivity index (χ4n) is 7.02. The summed E-state index contributed by atoms with van der Waals surface area (Å²) in [6.07, 6.45) is 2.10. The van der Waals surface area contributed by atoms with Crippen LogP contribution in [0.1, 0.15) is 0 Å². The topological polar surface area (TPSA) is 12.9 Å². The Labute approximate surface area is 232 Å². The Hall–Kier alpha value is -5.27. The van der Waals surface area contributed by atoms with Crippen LogP contribution in [0.3, 0.4) is 0 Å². The first-order chi connectivity index (χ1) is 19.9. The Morgan fingerprint density at radius 2 is 0.900 bits per heavy atom. The SMILES string of the molecule is c1ccc(-c2c3ccccc3c(-c3ccc4c5c(cccc35)-c3ccccc3-4)c3cnc4ccccc4c23)cc1. The van der Waals surface area contributed by atoms with E-state index in [4.69, 9.17) is 4.98 Å². The van der Waals surface area contributed by atoms with Crippen LogP contribution in [0.15, 0.2) is 140 Å². The van der Waals surface area contributed by atoms with E-state index in [0.717, 1.165) is 5.52 Å². The fourth-order valence-corrected chi connectivity index (χ4v) is 7.02. The van der Waals surface area contributed by atoms with Crippen LogP contribution < -0.4 is 0 Å². The summed E-state index contributed by atoms with van der Waals surface area (Å²) in [5.74, 6) is 0. The molecule has 1 aromatic heterocycles. The summed E-state index contributed by atoms with van der Waals surface area (Å²) in [5.41, 5.74) is 11.3. The van der Waals surface area contributed by atoms with Crippen LogP contribution in [0.4, 0.5) is 0 Å². The standard InChI is InChI=1S/C39H23N/c1-2-11-24(12-3-1)36-28-15-6-7-16-29(28)38(34-23-40-35-20-9-8-17-33(35)39(34)36)32-22-21-31-26-14-5-4-13-25(26)27-18-10-19-30(32)37(27)31/h1-23H. The first kappa shape index (κ1) is 21.6. The van der Waals surface area contributed by atoms with E-state index in [1.165, 1.54) is 82.2 Å². The summed E-state index contributed by atoms with van der Waals surface area (Å²) < 4.78 is 0. The van der Waals surface area contributed by atoms with Crippen molar-refractivity contribution in [1.82, 2.24) is 4.98 Å². The number of pyridine rings is 1. The molecule has 9 rings (SSSR count). The van der Waals surface area contributed by atoms with E-state index in [9.17, 15) is 0 Å². The van der Waals surface area contributed by atoms with Crippen molar-refractivity contribution in [2.24, 2.45) is 0 Å². The quantitative estimate of drug-likeness (QED) is 0.168. The first-order valence-corrected chi connectivity index (χ1v) is 13.8. The summed E-state index contributed by atoms with van der Waals surface area (Å²) in [6.45, 7) is 0. The highest BCUT2D eigenvalue weighted by Gasteiger charge is 2.25. The van der Waals surface area contributed by atoms with Crippen molar-refractivity contribution >= 4 is 43.2 Å². The van der Waals surface area contributed by atoms with E-state index in [-0.39, 0.29) is 0 Å². The third kappa shape index (κ3) is 2.84. The maximum atomic E-state index is 5.00. The molecule has 1 nitrogen and oxygen atoms in total. The third-order valence-corrected chi connectivity index (χ3v) is 8.64. The summed E-state index contributed by atoms with van der Waals surface area (Å²) >= 11 is 0. The largest absolute Gasteiger partial charge is 0.256 e. The van der Waals surface area contributed by atoms with Crippen molar-refractivity contribution in [2.75, 3.05) is 0 Å². The van der Waals surface area contributed by atoms with Gasteiger partial charge in [0.05, 0.1) is 5.52 Å². The van der Waals surface area contributed by atoms with Gasteiger partial charge in [-0.1, -0.05) is 127 Å². The number of rotatable bonds is 2. The second-order valence-electron chi connectivity index (χ2n) is 10.7. The zero-order valence-corrected chi connectivity index (χ0v) is 21.7. The van der Waals surface area contributed by atoms with Gasteiger partial charge in [-0.05, 0) is 72.1 Å². The van der Waals surface area contributed by atoms with Crippen molar-refractivity contribution in [3.63, 3.8) is 0 Å². The van der Waals surface area contributed by atoms with Crippen LogP contribution in [0, 0.1) is 0 Å². The minimum Gasteiger partial charge on any atom is -0.256 e. The molecular formula is C39H23N. The predicted molar refractivity (Wildman–Crippen MR) is 170 cm³/mol. The highest BCUT2D eigenvalue weighted by atomic mass is 14.7. The molecule has 184 valence electrons. The minimum atomic E-state index is 1.02. The molecule has 0 N–H and O–H groups in total. The maximum absolute atomic E-state index is 5.00. The molecule has 1 aliphatic rings.